The maximum Gasteiger partial charge on any atom is 0.270 e. The number of amides is 1. The third-order valence-corrected chi connectivity index (χ3v) is 3.86. The van der Waals surface area contributed by atoms with Gasteiger partial charge in [0.25, 0.3) is 5.91 Å². The fourth-order valence-electron chi connectivity index (χ4n) is 2.54. The molecule has 6 nitrogen and oxygen atoms in total. The number of nitrogens with zero attached hydrogens (tertiary/aromatic N) is 3. The molecule has 0 spiro atoms. The summed E-state index contributed by atoms with van der Waals surface area (Å²) in [7, 11) is 0. The first kappa shape index (κ1) is 14.1. The Labute approximate surface area is 127 Å². The van der Waals surface area contributed by atoms with Gasteiger partial charge in [-0.3, -0.25) is 4.79 Å². The molecule has 3 rings (SSSR count). The Kier molecular flexibility index (Phi) is 3.71. The first-order chi connectivity index (χ1) is 10.1. The zero-order valence-corrected chi connectivity index (χ0v) is 12.7. The molecular weight excluding hydrogens is 292 g/mol. The lowest BCUT2D eigenvalue weighted by Gasteiger charge is -2.21. The van der Waals surface area contributed by atoms with Crippen LogP contribution in [0.1, 0.15) is 60.9 Å². The molecule has 1 N–H and O–H groups in total. The molecule has 3 heterocycles. The molecule has 1 amide bonds. The van der Waals surface area contributed by atoms with E-state index in [1.54, 1.807) is 17.2 Å². The molecule has 0 saturated carbocycles. The van der Waals surface area contributed by atoms with E-state index in [0.29, 0.717) is 29.0 Å². The Morgan fingerprint density at radius 3 is 3.00 bits per heavy atom. The second-order valence-electron chi connectivity index (χ2n) is 5.53. The summed E-state index contributed by atoms with van der Waals surface area (Å²) in [6.45, 7) is 4.68. The number of nitrogens with one attached hydrogen (secondary N) is 1. The molecule has 1 saturated heterocycles. The van der Waals surface area contributed by atoms with Gasteiger partial charge in [0.05, 0.1) is 11.1 Å². The van der Waals surface area contributed by atoms with Crippen molar-refractivity contribution in [1.29, 1.82) is 0 Å². The number of H-pyrrole nitrogens is 1. The zero-order valence-electron chi connectivity index (χ0n) is 12.0. The third kappa shape index (κ3) is 2.68. The lowest BCUT2D eigenvalue weighted by molar-refractivity contribution is 0.0723. The van der Waals surface area contributed by atoms with Gasteiger partial charge in [-0.1, -0.05) is 30.6 Å². The highest BCUT2D eigenvalue weighted by atomic mass is 35.5. The lowest BCUT2D eigenvalue weighted by Crippen LogP contribution is -2.31. The summed E-state index contributed by atoms with van der Waals surface area (Å²) in [5.74, 6) is 1.29. The highest BCUT2D eigenvalue weighted by Gasteiger charge is 2.34. The first-order valence-electron chi connectivity index (χ1n) is 7.04. The van der Waals surface area contributed by atoms with Gasteiger partial charge < -0.3 is 14.4 Å². The number of halogens is 1. The molecule has 1 aliphatic heterocycles. The number of hydrogen-bond donors (Lipinski definition) is 1. The zero-order chi connectivity index (χ0) is 15.0. The maximum absolute atomic E-state index is 12.5. The highest BCUT2D eigenvalue weighted by Crippen LogP contribution is 2.32. The predicted octanol–water partition coefficient (Wildman–Crippen LogP) is 3.15. The fraction of sp³-hybridized carbons (Fsp3) is 0.500. The van der Waals surface area contributed by atoms with Crippen LogP contribution in [0.4, 0.5) is 0 Å². The summed E-state index contributed by atoms with van der Waals surface area (Å²) in [5.41, 5.74) is 0.486. The van der Waals surface area contributed by atoms with Gasteiger partial charge in [0.2, 0.25) is 5.89 Å². The summed E-state index contributed by atoms with van der Waals surface area (Å²) >= 11 is 5.86. The van der Waals surface area contributed by atoms with Gasteiger partial charge in [0.1, 0.15) is 5.69 Å². The number of aromatic amines is 1. The Morgan fingerprint density at radius 1 is 1.57 bits per heavy atom. The van der Waals surface area contributed by atoms with Crippen LogP contribution in [0.15, 0.2) is 16.8 Å². The van der Waals surface area contributed by atoms with Gasteiger partial charge in [0, 0.05) is 18.7 Å². The van der Waals surface area contributed by atoms with E-state index < -0.39 is 0 Å². The third-order valence-electron chi connectivity index (χ3n) is 3.64. The summed E-state index contributed by atoms with van der Waals surface area (Å²) in [4.78, 5) is 21.6. The van der Waals surface area contributed by atoms with E-state index in [2.05, 4.69) is 15.1 Å². The normalized spacial score (nSPS) is 18.7. The standard InChI is InChI=1S/C14H17ClN4O2/c1-8(2)13-17-12(18-21-13)11-4-3-5-19(11)14(20)10-6-9(15)7-16-10/h6-8,11,16H,3-5H2,1-2H3/t11-/m0/s1. The number of likely N-dealkylation sites (tertiary alicyclic amines) is 1. The molecule has 1 fully saturated rings. The van der Waals surface area contributed by atoms with Crippen molar-refractivity contribution in [2.45, 2.75) is 38.6 Å². The van der Waals surface area contributed by atoms with Crippen LogP contribution >= 0.6 is 11.6 Å². The highest BCUT2D eigenvalue weighted by molar-refractivity contribution is 6.30. The summed E-state index contributed by atoms with van der Waals surface area (Å²) in [6.07, 6.45) is 3.37. The molecule has 21 heavy (non-hydrogen) atoms. The number of aromatic nitrogens is 3. The predicted molar refractivity (Wildman–Crippen MR) is 77.2 cm³/mol. The van der Waals surface area contributed by atoms with Crippen LogP contribution in [-0.2, 0) is 0 Å². The van der Waals surface area contributed by atoms with E-state index in [9.17, 15) is 4.79 Å². The van der Waals surface area contributed by atoms with Gasteiger partial charge >= 0.3 is 0 Å². The van der Waals surface area contributed by atoms with Gasteiger partial charge in [-0.25, -0.2) is 0 Å². The molecule has 2 aromatic heterocycles. The Morgan fingerprint density at radius 2 is 2.38 bits per heavy atom. The number of carbonyl (C=O) groups excluding carboxylic acids is 1. The molecular formula is C14H17ClN4O2. The summed E-state index contributed by atoms with van der Waals surface area (Å²) in [6, 6.07) is 1.51. The Balaban J connectivity index is 1.83. The van der Waals surface area contributed by atoms with Crippen LogP contribution < -0.4 is 0 Å². The monoisotopic (exact) mass is 308 g/mol. The Hall–Kier alpha value is -1.82. The van der Waals surface area contributed by atoms with Crippen molar-refractivity contribution < 1.29 is 9.32 Å². The maximum atomic E-state index is 12.5. The van der Waals surface area contributed by atoms with Crippen LogP contribution in [0.3, 0.4) is 0 Å². The molecule has 2 aromatic rings. The van der Waals surface area contributed by atoms with Crippen molar-refractivity contribution in [2.24, 2.45) is 0 Å². The molecule has 0 aromatic carbocycles. The topological polar surface area (TPSA) is 75.0 Å². The molecule has 0 aliphatic carbocycles. The van der Waals surface area contributed by atoms with Crippen LogP contribution in [-0.4, -0.2) is 32.5 Å². The van der Waals surface area contributed by atoms with Crippen LogP contribution in [0.5, 0.6) is 0 Å². The number of hydrogen-bond acceptors (Lipinski definition) is 4. The molecule has 7 heteroatoms. The molecule has 0 radical (unpaired) electrons. The smallest absolute Gasteiger partial charge is 0.270 e. The lowest BCUT2D eigenvalue weighted by atomic mass is 10.2. The molecule has 1 aliphatic rings. The minimum Gasteiger partial charge on any atom is -0.356 e. The molecule has 0 unspecified atom stereocenters. The van der Waals surface area contributed by atoms with Crippen molar-refractivity contribution in [3.05, 3.63) is 34.7 Å². The molecule has 112 valence electrons. The SMILES string of the molecule is CC(C)c1nc([C@@H]2CCCN2C(=O)c2cc(Cl)c[nH]2)no1. The van der Waals surface area contributed by atoms with Crippen molar-refractivity contribution in [3.8, 4) is 0 Å². The largest absolute Gasteiger partial charge is 0.356 e. The van der Waals surface area contributed by atoms with E-state index in [4.69, 9.17) is 16.1 Å². The van der Waals surface area contributed by atoms with Crippen molar-refractivity contribution >= 4 is 17.5 Å². The summed E-state index contributed by atoms with van der Waals surface area (Å²) < 4.78 is 5.25. The van der Waals surface area contributed by atoms with Crippen LogP contribution in [0.2, 0.25) is 5.02 Å². The minimum atomic E-state index is -0.129. The van der Waals surface area contributed by atoms with Crippen LogP contribution in [0, 0.1) is 0 Å². The van der Waals surface area contributed by atoms with Gasteiger partial charge in [-0.05, 0) is 18.9 Å². The average Bonchev–Trinajstić information content (AvgIpc) is 3.17. The van der Waals surface area contributed by atoms with E-state index in [0.717, 1.165) is 12.8 Å². The summed E-state index contributed by atoms with van der Waals surface area (Å²) in [5, 5.41) is 4.56. The van der Waals surface area contributed by atoms with E-state index in [1.165, 1.54) is 0 Å². The minimum absolute atomic E-state index is 0.0831. The van der Waals surface area contributed by atoms with Crippen LogP contribution in [0.25, 0.3) is 0 Å². The molecule has 1 atom stereocenters. The van der Waals surface area contributed by atoms with E-state index in [1.807, 2.05) is 13.8 Å². The Bertz CT molecular complexity index is 649. The quantitative estimate of drug-likeness (QED) is 0.945. The first-order valence-corrected chi connectivity index (χ1v) is 7.42. The molecule has 0 bridgehead atoms. The second-order valence-corrected chi connectivity index (χ2v) is 5.97. The van der Waals surface area contributed by atoms with Gasteiger partial charge in [-0.2, -0.15) is 4.98 Å². The number of rotatable bonds is 3. The van der Waals surface area contributed by atoms with Crippen molar-refractivity contribution in [2.75, 3.05) is 6.54 Å². The average molecular weight is 309 g/mol. The van der Waals surface area contributed by atoms with Crippen molar-refractivity contribution in [1.82, 2.24) is 20.0 Å². The van der Waals surface area contributed by atoms with Crippen molar-refractivity contribution in [3.63, 3.8) is 0 Å². The van der Waals surface area contributed by atoms with Gasteiger partial charge in [0.15, 0.2) is 5.82 Å². The van der Waals surface area contributed by atoms with E-state index in [-0.39, 0.29) is 17.9 Å². The number of carbonyl (C=O) groups is 1. The van der Waals surface area contributed by atoms with Gasteiger partial charge in [-0.15, -0.1) is 0 Å². The van der Waals surface area contributed by atoms with E-state index >= 15 is 0 Å². The second kappa shape index (κ2) is 5.52. The fourth-order valence-corrected chi connectivity index (χ4v) is 2.71.